The van der Waals surface area contributed by atoms with Crippen LogP contribution in [0.5, 0.6) is 0 Å². The van der Waals surface area contributed by atoms with Crippen LogP contribution >= 0.6 is 15.9 Å². The van der Waals surface area contributed by atoms with Crippen molar-refractivity contribution in [3.05, 3.63) is 94.9 Å². The van der Waals surface area contributed by atoms with Gasteiger partial charge in [-0.15, -0.1) is 5.10 Å². The number of rotatable bonds is 5. The summed E-state index contributed by atoms with van der Waals surface area (Å²) < 4.78 is 13.1. The van der Waals surface area contributed by atoms with Crippen molar-refractivity contribution < 1.29 is 9.47 Å². The zero-order chi connectivity index (χ0) is 36.1. The average molecular weight is 781 g/mol. The van der Waals surface area contributed by atoms with E-state index in [2.05, 4.69) is 73.3 Å². The predicted molar refractivity (Wildman–Crippen MR) is 208 cm³/mol. The number of imidazole rings is 1. The molecule has 6 aliphatic rings. The highest BCUT2D eigenvalue weighted by Gasteiger charge is 2.33. The van der Waals surface area contributed by atoms with E-state index in [1.165, 1.54) is 13.1 Å². The summed E-state index contributed by atoms with van der Waals surface area (Å²) in [7, 11) is 0. The van der Waals surface area contributed by atoms with Gasteiger partial charge in [-0.3, -0.25) is 19.8 Å². The van der Waals surface area contributed by atoms with Crippen molar-refractivity contribution in [1.29, 1.82) is 0 Å². The highest BCUT2D eigenvalue weighted by Crippen LogP contribution is 2.25. The molecule has 0 spiro atoms. The largest absolute Gasteiger partial charge is 0.378 e. The summed E-state index contributed by atoms with van der Waals surface area (Å²) in [5.41, 5.74) is 6.79. The number of amidine groups is 1. The molecule has 0 aliphatic carbocycles. The Morgan fingerprint density at radius 3 is 2.09 bits per heavy atom. The fourth-order valence-electron chi connectivity index (χ4n) is 6.82. The number of aliphatic imine (C=N–C) groups is 1. The molecule has 4 saturated heterocycles. The summed E-state index contributed by atoms with van der Waals surface area (Å²) in [5, 5.41) is 14.4. The van der Waals surface area contributed by atoms with Crippen LogP contribution in [0, 0.1) is 20.0 Å². The van der Waals surface area contributed by atoms with Gasteiger partial charge < -0.3 is 19.7 Å². The van der Waals surface area contributed by atoms with Crippen molar-refractivity contribution in [3.8, 4) is 11.3 Å². The van der Waals surface area contributed by atoms with Crippen molar-refractivity contribution >= 4 is 38.9 Å². The third-order valence-corrected chi connectivity index (χ3v) is 10.6. The Hall–Kier alpha value is -4.47. The fourth-order valence-corrected chi connectivity index (χ4v) is 7.17. The van der Waals surface area contributed by atoms with E-state index >= 15 is 0 Å². The SMILES string of the molecule is C1CN(C2COC2)CCN1.Cc1cc(-c2ccc3ncc(N4CCN(C5COC5)CC4)n3n2)ccn1.Cc1cc(C2=NN3C(Br)=[C+]N=C3C=C2)ccn1. The van der Waals surface area contributed by atoms with Crippen molar-refractivity contribution in [2.45, 2.75) is 25.9 Å². The number of hydrogen-bond donors (Lipinski definition) is 1. The molecule has 0 atom stereocenters. The van der Waals surface area contributed by atoms with Crippen LogP contribution in [0.2, 0.25) is 0 Å². The maximum absolute atomic E-state index is 5.32. The number of ether oxygens (including phenoxy) is 2. The van der Waals surface area contributed by atoms with Crippen molar-refractivity contribution in [2.24, 2.45) is 10.1 Å². The first-order valence-electron chi connectivity index (χ1n) is 18.2. The van der Waals surface area contributed by atoms with Crippen LogP contribution in [-0.2, 0) is 9.47 Å². The fraction of sp³-hybridized carbons (Fsp3) is 0.421. The molecule has 4 aromatic rings. The molecule has 1 N–H and O–H groups in total. The number of piperazine rings is 2. The number of hydrazone groups is 1. The number of allylic oxidation sites excluding steroid dienone is 1. The first-order chi connectivity index (χ1) is 26.0. The van der Waals surface area contributed by atoms with Gasteiger partial charge in [-0.25, -0.2) is 4.98 Å². The van der Waals surface area contributed by atoms with Gasteiger partial charge in [0.15, 0.2) is 11.5 Å². The summed E-state index contributed by atoms with van der Waals surface area (Å²) >= 11 is 3.36. The van der Waals surface area contributed by atoms with Gasteiger partial charge in [0.2, 0.25) is 0 Å². The van der Waals surface area contributed by atoms with Gasteiger partial charge in [-0.1, -0.05) is 5.01 Å². The Morgan fingerprint density at radius 1 is 0.774 bits per heavy atom. The zero-order valence-corrected chi connectivity index (χ0v) is 31.7. The molecule has 4 aromatic heterocycles. The maximum atomic E-state index is 5.32. The molecule has 15 heteroatoms. The van der Waals surface area contributed by atoms with E-state index in [0.717, 1.165) is 128 Å². The number of pyridine rings is 2. The molecule has 10 rings (SSSR count). The number of nitrogens with zero attached hydrogens (tertiary/aromatic N) is 11. The lowest BCUT2D eigenvalue weighted by Gasteiger charge is -2.42. The van der Waals surface area contributed by atoms with E-state index in [1.807, 2.05) is 73.2 Å². The van der Waals surface area contributed by atoms with Crippen LogP contribution in [0.3, 0.4) is 0 Å². The van der Waals surface area contributed by atoms with Crippen molar-refractivity contribution in [1.82, 2.24) is 44.7 Å². The zero-order valence-electron chi connectivity index (χ0n) is 30.1. The van der Waals surface area contributed by atoms with Gasteiger partial charge in [0.25, 0.3) is 10.8 Å². The first-order valence-corrected chi connectivity index (χ1v) is 19.0. The molecule has 274 valence electrons. The first kappa shape index (κ1) is 35.6. The second-order valence-corrected chi connectivity index (χ2v) is 14.4. The predicted octanol–water partition coefficient (Wildman–Crippen LogP) is 3.29. The minimum atomic E-state index is 0.610. The third-order valence-electron chi connectivity index (χ3n) is 10.1. The van der Waals surface area contributed by atoms with Crippen LogP contribution < -0.4 is 10.2 Å². The summed E-state index contributed by atoms with van der Waals surface area (Å²) in [6.07, 6.45) is 12.2. The molecule has 0 aromatic carbocycles. The van der Waals surface area contributed by atoms with Crippen molar-refractivity contribution in [2.75, 3.05) is 83.7 Å². The van der Waals surface area contributed by atoms with Crippen LogP contribution in [0.15, 0.2) is 81.8 Å². The van der Waals surface area contributed by atoms with Crippen LogP contribution in [-0.4, -0.2) is 142 Å². The monoisotopic (exact) mass is 779 g/mol. The maximum Gasteiger partial charge on any atom is 0.308 e. The van der Waals surface area contributed by atoms with E-state index in [9.17, 15) is 0 Å². The molecule has 10 heterocycles. The molecular formula is C38H44BrN12O2+. The molecule has 0 bridgehead atoms. The lowest BCUT2D eigenvalue weighted by atomic mass is 10.1. The lowest BCUT2D eigenvalue weighted by molar-refractivity contribution is -0.0677. The second-order valence-electron chi connectivity index (χ2n) is 13.7. The Morgan fingerprint density at radius 2 is 1.43 bits per heavy atom. The number of halogens is 1. The molecular weight excluding hydrogens is 736 g/mol. The highest BCUT2D eigenvalue weighted by atomic mass is 79.9. The smallest absolute Gasteiger partial charge is 0.308 e. The number of anilines is 1. The van der Waals surface area contributed by atoms with Gasteiger partial charge in [-0.2, -0.15) is 9.61 Å². The average Bonchev–Trinajstić information content (AvgIpc) is 3.74. The summed E-state index contributed by atoms with van der Waals surface area (Å²) in [4.78, 5) is 24.5. The van der Waals surface area contributed by atoms with E-state index in [4.69, 9.17) is 14.6 Å². The summed E-state index contributed by atoms with van der Waals surface area (Å²) in [5.74, 6) is 1.84. The van der Waals surface area contributed by atoms with Gasteiger partial charge in [0.05, 0.1) is 62.2 Å². The standard InChI is InChI=1S/C19H22N6O.C12H8BrN4.C7H14N2O/c1-14-10-15(4-5-20-14)17-2-3-18-21-11-19(25(18)22-17)24-8-6-23(7-9-24)16-12-26-13-16;1-8-6-9(4-5-14-8)10-2-3-12-15-7-11(13)17(12)16-10;1-3-9(4-2-8-1)7-5-10-6-7/h2-5,10-11,16H,6-9,12-13H2,1H3;2-6H,1H3;7-8H,1-6H2/q;+1;. The minimum absolute atomic E-state index is 0.610. The van der Waals surface area contributed by atoms with E-state index < -0.39 is 0 Å². The Kier molecular flexibility index (Phi) is 10.9. The molecule has 4 fully saturated rings. The van der Waals surface area contributed by atoms with E-state index in [-0.39, 0.29) is 0 Å². The number of fused-ring (bicyclic) bond motifs is 2. The number of nitrogens with one attached hydrogen (secondary N) is 1. The molecule has 0 amide bonds. The lowest BCUT2D eigenvalue weighted by Crippen LogP contribution is -2.56. The summed E-state index contributed by atoms with van der Waals surface area (Å²) in [6, 6.07) is 13.4. The van der Waals surface area contributed by atoms with E-state index in [0.29, 0.717) is 6.04 Å². The summed E-state index contributed by atoms with van der Waals surface area (Å²) in [6.45, 7) is 16.4. The van der Waals surface area contributed by atoms with E-state index in [1.54, 1.807) is 11.2 Å². The molecule has 6 aliphatic heterocycles. The van der Waals surface area contributed by atoms with Crippen LogP contribution in [0.4, 0.5) is 5.82 Å². The highest BCUT2D eigenvalue weighted by molar-refractivity contribution is 9.11. The quantitative estimate of drug-likeness (QED) is 0.237. The van der Waals surface area contributed by atoms with Crippen LogP contribution in [0.25, 0.3) is 16.9 Å². The van der Waals surface area contributed by atoms with Gasteiger partial charge >= 0.3 is 5.84 Å². The molecule has 0 unspecified atom stereocenters. The third kappa shape index (κ3) is 8.21. The topological polar surface area (TPSA) is 124 Å². The Bertz CT molecular complexity index is 2020. The van der Waals surface area contributed by atoms with Gasteiger partial charge in [0, 0.05) is 108 Å². The van der Waals surface area contributed by atoms with Gasteiger partial charge in [-0.05, 0) is 56.3 Å². The Labute approximate surface area is 318 Å². The minimum Gasteiger partial charge on any atom is -0.378 e. The number of aryl methyl sites for hydroxylation is 2. The normalized spacial score (nSPS) is 20.5. The van der Waals surface area contributed by atoms with Crippen molar-refractivity contribution in [3.63, 3.8) is 0 Å². The molecule has 53 heavy (non-hydrogen) atoms. The van der Waals surface area contributed by atoms with Crippen LogP contribution in [0.1, 0.15) is 17.0 Å². The molecule has 14 nitrogen and oxygen atoms in total. The van der Waals surface area contributed by atoms with Gasteiger partial charge in [0.1, 0.15) is 0 Å². The molecule has 0 radical (unpaired) electrons. The second kappa shape index (κ2) is 16.3. The number of hydrogen-bond acceptors (Lipinski definition) is 13. The Balaban J connectivity index is 0.000000126. The molecule has 0 saturated carbocycles. The number of aromatic nitrogens is 5.